The van der Waals surface area contributed by atoms with Crippen molar-refractivity contribution in [2.45, 2.75) is 208 Å². The summed E-state index contributed by atoms with van der Waals surface area (Å²) in [6.45, 7) is 20.2. The number of hydrogen-bond acceptors (Lipinski definition) is 17. The number of cyclic esters (lactones) is 1. The summed E-state index contributed by atoms with van der Waals surface area (Å²) in [7, 11) is -2.56. The van der Waals surface area contributed by atoms with Crippen molar-refractivity contribution in [1.29, 1.82) is 0 Å². The van der Waals surface area contributed by atoms with E-state index in [0.29, 0.717) is 11.4 Å². The molecule has 3 fully saturated rings. The van der Waals surface area contributed by atoms with Gasteiger partial charge in [0.15, 0.2) is 18.7 Å². The number of benzene rings is 2. The number of methoxy groups -OCH3 is 1. The Kier molecular flexibility index (Phi) is 21.1. The van der Waals surface area contributed by atoms with Crippen molar-refractivity contribution in [2.75, 3.05) is 40.0 Å². The summed E-state index contributed by atoms with van der Waals surface area (Å²) in [6, 6.07) is 13.1. The van der Waals surface area contributed by atoms with Gasteiger partial charge in [-0.3, -0.25) is 9.00 Å². The van der Waals surface area contributed by atoms with Gasteiger partial charge in [0.05, 0.1) is 46.9 Å². The van der Waals surface area contributed by atoms with Gasteiger partial charge >= 0.3 is 5.97 Å². The monoisotopic (exact) mass is 1070 g/mol. The molecule has 3 saturated heterocycles. The molecule has 19 atom stereocenters. The van der Waals surface area contributed by atoms with Crippen LogP contribution in [-0.4, -0.2) is 173 Å². The molecule has 20 heteroatoms. The zero-order valence-electron chi connectivity index (χ0n) is 45.5. The molecule has 0 aromatic heterocycles. The van der Waals surface area contributed by atoms with Crippen molar-refractivity contribution >= 4 is 26.8 Å². The average molecular weight is 1070 g/mol. The van der Waals surface area contributed by atoms with E-state index in [-0.39, 0.29) is 55.3 Å². The average Bonchev–Trinajstić information content (AvgIpc) is 3.34. The van der Waals surface area contributed by atoms with Crippen molar-refractivity contribution in [3.05, 3.63) is 54.6 Å². The number of hydrogen-bond donors (Lipinski definition) is 6. The van der Waals surface area contributed by atoms with E-state index in [9.17, 15) is 37.8 Å². The maximum atomic E-state index is 14.7. The van der Waals surface area contributed by atoms with Crippen molar-refractivity contribution in [3.63, 3.8) is 0 Å². The Morgan fingerprint density at radius 2 is 1.60 bits per heavy atom. The molecule has 0 spiro atoms. The van der Waals surface area contributed by atoms with E-state index in [1.54, 1.807) is 97.9 Å². The fourth-order valence-electron chi connectivity index (χ4n) is 11.0. The molecule has 416 valence electrons. The van der Waals surface area contributed by atoms with Crippen LogP contribution in [0.1, 0.15) is 108 Å². The Balaban J connectivity index is 1.68. The third-order valence-electron chi connectivity index (χ3n) is 15.6. The zero-order chi connectivity index (χ0) is 54.4. The van der Waals surface area contributed by atoms with Gasteiger partial charge in [-0.1, -0.05) is 52.0 Å². The van der Waals surface area contributed by atoms with Gasteiger partial charge in [-0.2, -0.15) is 4.31 Å². The topological polar surface area (TPSA) is 241 Å². The Hall–Kier alpha value is -2.67. The van der Waals surface area contributed by atoms with E-state index < -0.39 is 128 Å². The van der Waals surface area contributed by atoms with Gasteiger partial charge in [-0.05, 0) is 123 Å². The number of esters is 1. The molecular formula is C53H87N3O15S2. The van der Waals surface area contributed by atoms with Crippen molar-refractivity contribution in [1.82, 2.24) is 14.9 Å². The smallest absolute Gasteiger partial charge is 0.311 e. The lowest BCUT2D eigenvalue weighted by molar-refractivity contribution is -0.335. The van der Waals surface area contributed by atoms with Gasteiger partial charge in [0.25, 0.3) is 0 Å². The van der Waals surface area contributed by atoms with Gasteiger partial charge in [0.2, 0.25) is 10.0 Å². The maximum absolute atomic E-state index is 14.7. The van der Waals surface area contributed by atoms with E-state index >= 15 is 0 Å². The van der Waals surface area contributed by atoms with Crippen LogP contribution in [0.3, 0.4) is 0 Å². The van der Waals surface area contributed by atoms with E-state index in [2.05, 4.69) is 10.6 Å². The van der Waals surface area contributed by atoms with Crippen LogP contribution >= 0.6 is 0 Å². The van der Waals surface area contributed by atoms with Gasteiger partial charge in [-0.15, -0.1) is 0 Å². The number of rotatable bonds is 16. The lowest BCUT2D eigenvalue weighted by Gasteiger charge is -2.53. The first-order valence-corrected chi connectivity index (χ1v) is 28.9. The highest BCUT2D eigenvalue weighted by molar-refractivity contribution is 7.89. The van der Waals surface area contributed by atoms with Crippen molar-refractivity contribution in [2.24, 2.45) is 17.8 Å². The molecule has 0 bridgehead atoms. The molecule has 3 aliphatic rings. The summed E-state index contributed by atoms with van der Waals surface area (Å²) in [5, 5.41) is 55.5. The Labute approximate surface area is 437 Å². The second kappa shape index (κ2) is 25.2. The summed E-state index contributed by atoms with van der Waals surface area (Å²) in [5.74, 6) is -2.93. The number of nitrogens with one attached hydrogen (secondary N) is 2. The van der Waals surface area contributed by atoms with Crippen LogP contribution < -0.4 is 15.4 Å². The standard InChI is InChI=1S/C53H87N3O15S2/c1-15-25-54-31-53(61)37(8)67-43(29-51(53,10)65-13)70-44-34(5)47(50(9,59)28-32(3)30-55-36(7)46(57)52(11,60)42(16-2)69-48(58)35(44)6)71-49-45(68-38-21-20-22-39(27-38)72(14)62)41(26-33(4)66-49)56(12)73(63,64)40-23-18-17-19-24-40/h17-24,27,32-37,41-47,49,54-55,57,59-61H,15-16,25-26,28-31H2,1-14H3/t32-,33-,34+,35-,36-,37-,41+,42-,43?,44+,45-,46-,47-,49+,50-,51+,52-,53-,72?/m1/s1. The summed E-state index contributed by atoms with van der Waals surface area (Å²) in [4.78, 5) is 15.3. The molecule has 0 radical (unpaired) electrons. The van der Waals surface area contributed by atoms with Crippen molar-refractivity contribution in [3.8, 4) is 5.75 Å². The first-order chi connectivity index (χ1) is 34.1. The quantitative estimate of drug-likeness (QED) is 0.100. The molecule has 2 unspecified atom stereocenters. The minimum atomic E-state index is -4.15. The molecule has 18 nitrogen and oxygen atoms in total. The zero-order valence-corrected chi connectivity index (χ0v) is 47.1. The molecule has 6 N–H and O–H groups in total. The van der Waals surface area contributed by atoms with Gasteiger partial charge < -0.3 is 64.2 Å². The molecule has 2 aromatic rings. The fourth-order valence-corrected chi connectivity index (χ4v) is 12.9. The maximum Gasteiger partial charge on any atom is 0.311 e. The summed E-state index contributed by atoms with van der Waals surface area (Å²) in [6.07, 6.45) is -7.43. The first-order valence-electron chi connectivity index (χ1n) is 25.9. The predicted octanol–water partition coefficient (Wildman–Crippen LogP) is 4.51. The number of aliphatic hydroxyl groups is 4. The van der Waals surface area contributed by atoms with Crippen LogP contribution in [0.15, 0.2) is 64.4 Å². The lowest BCUT2D eigenvalue weighted by Crippen LogP contribution is -2.70. The summed E-state index contributed by atoms with van der Waals surface area (Å²) in [5.41, 5.74) is -6.42. The summed E-state index contributed by atoms with van der Waals surface area (Å²) >= 11 is 0. The first kappa shape index (κ1) is 61.2. The van der Waals surface area contributed by atoms with Crippen molar-refractivity contribution < 1.29 is 71.0 Å². The molecule has 5 rings (SSSR count). The van der Waals surface area contributed by atoms with Crippen LogP contribution in [0.5, 0.6) is 5.75 Å². The highest BCUT2D eigenvalue weighted by Crippen LogP contribution is 2.44. The Bertz CT molecular complexity index is 2230. The van der Waals surface area contributed by atoms with Gasteiger partial charge in [0.1, 0.15) is 34.8 Å². The van der Waals surface area contributed by atoms with Crippen LogP contribution in [0.2, 0.25) is 0 Å². The van der Waals surface area contributed by atoms with Gasteiger partial charge in [0, 0.05) is 61.0 Å². The van der Waals surface area contributed by atoms with E-state index in [1.807, 2.05) is 13.8 Å². The molecular weight excluding hydrogens is 983 g/mol. The SMILES string of the molecule is CCCNC[C@@]1(O)[C@@H](C)OC(O[C@H]2[C@H](C)[C@@H](O[C@@H]3O[C@H](C)C[C@H](N(C)S(=O)(=O)c4ccccc4)[C@H]3Oc3cccc(S(C)=O)c3)[C@](C)(O)C[C@@H](C)CN[C@H](C)[C@@H](O)[C@](C)(O)[C@@H](CC)OC(=O)[C@@H]2C)C[C@]1(C)OC. The second-order valence-corrected chi connectivity index (χ2v) is 25.0. The molecule has 0 saturated carbocycles. The third kappa shape index (κ3) is 13.9. The minimum Gasteiger partial charge on any atom is -0.483 e. The molecule has 0 amide bonds. The highest BCUT2D eigenvalue weighted by Gasteiger charge is 2.59. The number of nitrogens with zero attached hydrogens (tertiary/aromatic N) is 1. The molecule has 73 heavy (non-hydrogen) atoms. The minimum absolute atomic E-state index is 0.00874. The molecule has 3 heterocycles. The second-order valence-electron chi connectivity index (χ2n) is 21.6. The number of carbonyl (C=O) groups excluding carboxylic acids is 1. The number of sulfonamides is 1. The normalized spacial score (nSPS) is 40.0. The number of carbonyl (C=O) groups is 1. The molecule has 0 aliphatic carbocycles. The lowest BCUT2D eigenvalue weighted by atomic mass is 9.75. The van der Waals surface area contributed by atoms with E-state index in [4.69, 9.17) is 33.2 Å². The van der Waals surface area contributed by atoms with Crippen LogP contribution in [0.4, 0.5) is 0 Å². The Morgan fingerprint density at radius 3 is 2.22 bits per heavy atom. The fraction of sp³-hybridized carbons (Fsp3) is 0.755. The van der Waals surface area contributed by atoms with Crippen LogP contribution in [0.25, 0.3) is 0 Å². The largest absolute Gasteiger partial charge is 0.483 e. The number of likely N-dealkylation sites (N-methyl/N-ethyl adjacent to an activating group) is 1. The van der Waals surface area contributed by atoms with Crippen LogP contribution in [0, 0.1) is 17.8 Å². The molecule has 3 aliphatic heterocycles. The molecule has 2 aromatic carbocycles. The van der Waals surface area contributed by atoms with Gasteiger partial charge in [-0.25, -0.2) is 8.42 Å². The third-order valence-corrected chi connectivity index (χ3v) is 18.4. The number of aliphatic hydroxyl groups excluding tert-OH is 1. The van der Waals surface area contributed by atoms with E-state index in [0.717, 1.165) is 6.42 Å². The van der Waals surface area contributed by atoms with E-state index in [1.165, 1.54) is 43.8 Å². The number of ether oxygens (including phenoxy) is 7. The predicted molar refractivity (Wildman–Crippen MR) is 277 cm³/mol. The Morgan fingerprint density at radius 1 is 0.932 bits per heavy atom. The highest BCUT2D eigenvalue weighted by atomic mass is 32.2. The van der Waals surface area contributed by atoms with Crippen LogP contribution in [-0.2, 0) is 54.0 Å². The summed E-state index contributed by atoms with van der Waals surface area (Å²) < 4.78 is 89.3.